The van der Waals surface area contributed by atoms with Gasteiger partial charge in [-0.2, -0.15) is 5.26 Å². The van der Waals surface area contributed by atoms with Gasteiger partial charge in [0.25, 0.3) is 0 Å². The zero-order valence-electron chi connectivity index (χ0n) is 19.0. The van der Waals surface area contributed by atoms with Crippen LogP contribution in [0, 0.1) is 24.1 Å². The Bertz CT molecular complexity index is 1650. The number of methoxy groups -OCH3 is 1. The second-order valence-electron chi connectivity index (χ2n) is 8.18. The van der Waals surface area contributed by atoms with Gasteiger partial charge in [-0.25, -0.2) is 14.2 Å². The summed E-state index contributed by atoms with van der Waals surface area (Å²) in [5.41, 5.74) is 1.95. The lowest BCUT2D eigenvalue weighted by Gasteiger charge is -2.27. The number of aromatic nitrogens is 1. The van der Waals surface area contributed by atoms with Crippen molar-refractivity contribution in [3.63, 3.8) is 0 Å². The van der Waals surface area contributed by atoms with Gasteiger partial charge in [0, 0.05) is 23.4 Å². The quantitative estimate of drug-likeness (QED) is 0.249. The van der Waals surface area contributed by atoms with Crippen LogP contribution < -0.4 is 15.1 Å². The highest BCUT2D eigenvalue weighted by Gasteiger charge is 2.36. The van der Waals surface area contributed by atoms with E-state index in [0.29, 0.717) is 27.4 Å². The smallest absolute Gasteiger partial charge is 0.344 e. The van der Waals surface area contributed by atoms with Gasteiger partial charge in [0.1, 0.15) is 33.8 Å². The molecule has 5 rings (SSSR count). The summed E-state index contributed by atoms with van der Waals surface area (Å²) < 4.78 is 32.3. The molecule has 8 heteroatoms. The van der Waals surface area contributed by atoms with Gasteiger partial charge in [0.15, 0.2) is 0 Å². The SMILES string of the molecule is COc1ccc2c3c(c(=O)oc2c1)C(c1ccc(-c2cnc(Cl)c(C)c2)cc1F)C(C#N)=C(C)O3. The highest BCUT2D eigenvalue weighted by Crippen LogP contribution is 2.45. The van der Waals surface area contributed by atoms with Gasteiger partial charge in [-0.3, -0.25) is 0 Å². The van der Waals surface area contributed by atoms with Gasteiger partial charge in [-0.1, -0.05) is 23.7 Å². The summed E-state index contributed by atoms with van der Waals surface area (Å²) in [6, 6.07) is 13.5. The predicted molar refractivity (Wildman–Crippen MR) is 129 cm³/mol. The summed E-state index contributed by atoms with van der Waals surface area (Å²) in [5, 5.41) is 10.8. The van der Waals surface area contributed by atoms with Gasteiger partial charge in [0.2, 0.25) is 0 Å². The van der Waals surface area contributed by atoms with Crippen molar-refractivity contribution in [1.29, 1.82) is 5.26 Å². The van der Waals surface area contributed by atoms with E-state index in [4.69, 9.17) is 25.5 Å². The van der Waals surface area contributed by atoms with Crippen molar-refractivity contribution in [2.45, 2.75) is 19.8 Å². The highest BCUT2D eigenvalue weighted by molar-refractivity contribution is 6.30. The Hall–Kier alpha value is -4.15. The normalized spacial score (nSPS) is 14.9. The van der Waals surface area contributed by atoms with Crippen LogP contribution in [0.1, 0.15) is 29.5 Å². The maximum absolute atomic E-state index is 15.6. The van der Waals surface area contributed by atoms with E-state index in [1.54, 1.807) is 43.5 Å². The maximum atomic E-state index is 15.6. The van der Waals surface area contributed by atoms with Crippen LogP contribution in [0.2, 0.25) is 5.15 Å². The Morgan fingerprint density at radius 1 is 1.14 bits per heavy atom. The first kappa shape index (κ1) is 22.6. The van der Waals surface area contributed by atoms with E-state index in [9.17, 15) is 10.1 Å². The van der Waals surface area contributed by atoms with Gasteiger partial charge >= 0.3 is 5.63 Å². The number of allylic oxidation sites excluding steroid dienone is 2. The molecule has 0 saturated heterocycles. The molecule has 0 radical (unpaired) electrons. The molecule has 35 heavy (non-hydrogen) atoms. The molecule has 0 fully saturated rings. The van der Waals surface area contributed by atoms with Crippen LogP contribution in [0.25, 0.3) is 22.1 Å². The number of pyridine rings is 1. The topological polar surface area (TPSA) is 85.4 Å². The summed E-state index contributed by atoms with van der Waals surface area (Å²) in [6.07, 6.45) is 1.56. The lowest BCUT2D eigenvalue weighted by Crippen LogP contribution is -2.23. The molecule has 1 aliphatic heterocycles. The lowest BCUT2D eigenvalue weighted by molar-refractivity contribution is 0.392. The zero-order valence-corrected chi connectivity index (χ0v) is 19.7. The van der Waals surface area contributed by atoms with E-state index in [1.165, 1.54) is 13.2 Å². The number of hydrogen-bond acceptors (Lipinski definition) is 6. The summed E-state index contributed by atoms with van der Waals surface area (Å²) in [5.74, 6) is -0.546. The third-order valence-electron chi connectivity index (χ3n) is 6.09. The number of nitrogens with zero attached hydrogens (tertiary/aromatic N) is 2. The molecule has 2 aromatic carbocycles. The van der Waals surface area contributed by atoms with Crippen LogP contribution in [0.4, 0.5) is 4.39 Å². The van der Waals surface area contributed by atoms with Crippen LogP contribution in [0.3, 0.4) is 0 Å². The van der Waals surface area contributed by atoms with E-state index >= 15 is 4.39 Å². The summed E-state index contributed by atoms with van der Waals surface area (Å²) >= 11 is 6.01. The Kier molecular flexibility index (Phi) is 5.54. The molecule has 1 unspecified atom stereocenters. The van der Waals surface area contributed by atoms with Crippen molar-refractivity contribution in [3.8, 4) is 28.7 Å². The summed E-state index contributed by atoms with van der Waals surface area (Å²) in [4.78, 5) is 17.3. The van der Waals surface area contributed by atoms with Crippen LogP contribution in [-0.2, 0) is 0 Å². The number of hydrogen-bond donors (Lipinski definition) is 0. The third-order valence-corrected chi connectivity index (χ3v) is 6.49. The first-order valence-corrected chi connectivity index (χ1v) is 11.1. The van der Waals surface area contributed by atoms with Crippen LogP contribution in [0.5, 0.6) is 11.5 Å². The molecule has 0 spiro atoms. The maximum Gasteiger partial charge on any atom is 0.344 e. The number of benzene rings is 2. The first-order chi connectivity index (χ1) is 16.8. The lowest BCUT2D eigenvalue weighted by atomic mass is 9.82. The molecule has 0 aliphatic carbocycles. The molecule has 0 amide bonds. The average Bonchev–Trinajstić information content (AvgIpc) is 2.84. The Labute approximate surface area is 204 Å². The Balaban J connectivity index is 1.71. The standard InChI is InChI=1S/C27H18ClFN2O4/c1-13-8-16(12-31-26(13)28)15-4-6-18(21(29)9-15)23-20(11-30)14(2)34-25-19-7-5-17(33-3)10-22(19)35-27(32)24(23)25/h4-10,12,23H,1-3H3. The van der Waals surface area contributed by atoms with Gasteiger partial charge < -0.3 is 13.9 Å². The van der Waals surface area contributed by atoms with Crippen molar-refractivity contribution >= 4 is 22.6 Å². The molecule has 0 bridgehead atoms. The Morgan fingerprint density at radius 2 is 1.94 bits per heavy atom. The van der Waals surface area contributed by atoms with Gasteiger partial charge in [-0.05, 0) is 49.2 Å². The molecular formula is C27H18ClFN2O4. The minimum atomic E-state index is -0.995. The van der Waals surface area contributed by atoms with Crippen molar-refractivity contribution < 1.29 is 18.3 Å². The molecule has 3 heterocycles. The zero-order chi connectivity index (χ0) is 24.9. The van der Waals surface area contributed by atoms with Crippen LogP contribution in [-0.4, -0.2) is 12.1 Å². The summed E-state index contributed by atoms with van der Waals surface area (Å²) in [6.45, 7) is 3.43. The predicted octanol–water partition coefficient (Wildman–Crippen LogP) is 6.29. The third kappa shape index (κ3) is 3.72. The monoisotopic (exact) mass is 488 g/mol. The minimum Gasteiger partial charge on any atom is -0.497 e. The number of ether oxygens (including phenoxy) is 2. The van der Waals surface area contributed by atoms with Crippen molar-refractivity contribution in [2.24, 2.45) is 0 Å². The molecule has 4 aromatic rings. The first-order valence-electron chi connectivity index (χ1n) is 10.7. The summed E-state index contributed by atoms with van der Waals surface area (Å²) in [7, 11) is 1.50. The van der Waals surface area contributed by atoms with Crippen LogP contribution >= 0.6 is 11.6 Å². The molecule has 174 valence electrons. The fourth-order valence-corrected chi connectivity index (χ4v) is 4.42. The molecular weight excluding hydrogens is 471 g/mol. The number of halogens is 2. The number of fused-ring (bicyclic) bond motifs is 3. The van der Waals surface area contributed by atoms with Crippen LogP contribution in [0.15, 0.2) is 69.2 Å². The minimum absolute atomic E-state index is 0.0699. The van der Waals surface area contributed by atoms with E-state index < -0.39 is 17.4 Å². The molecule has 2 aromatic heterocycles. The molecule has 1 atom stereocenters. The fraction of sp³-hybridized carbons (Fsp3) is 0.148. The fourth-order valence-electron chi connectivity index (χ4n) is 4.32. The second-order valence-corrected chi connectivity index (χ2v) is 8.54. The highest BCUT2D eigenvalue weighted by atomic mass is 35.5. The van der Waals surface area contributed by atoms with Gasteiger partial charge in [-0.15, -0.1) is 0 Å². The largest absolute Gasteiger partial charge is 0.497 e. The van der Waals surface area contributed by atoms with Gasteiger partial charge in [0.05, 0.1) is 35.6 Å². The molecule has 6 nitrogen and oxygen atoms in total. The van der Waals surface area contributed by atoms with E-state index in [2.05, 4.69) is 11.1 Å². The molecule has 0 saturated carbocycles. The van der Waals surface area contributed by atoms with E-state index in [0.717, 1.165) is 5.56 Å². The molecule has 1 aliphatic rings. The molecule has 0 N–H and O–H groups in total. The second kappa shape index (κ2) is 8.57. The number of aryl methyl sites for hydroxylation is 1. The van der Waals surface area contributed by atoms with Crippen molar-refractivity contribution in [1.82, 2.24) is 4.98 Å². The van der Waals surface area contributed by atoms with E-state index in [1.807, 2.05) is 13.0 Å². The van der Waals surface area contributed by atoms with Crippen molar-refractivity contribution in [3.05, 3.63) is 98.1 Å². The van der Waals surface area contributed by atoms with E-state index in [-0.39, 0.29) is 33.8 Å². The number of nitriles is 1. The average molecular weight is 489 g/mol. The number of rotatable bonds is 3. The van der Waals surface area contributed by atoms with Crippen molar-refractivity contribution in [2.75, 3.05) is 7.11 Å². The Morgan fingerprint density at radius 3 is 2.63 bits per heavy atom.